The van der Waals surface area contributed by atoms with Crippen molar-refractivity contribution in [3.8, 4) is 0 Å². The van der Waals surface area contributed by atoms with Gasteiger partial charge in [0.25, 0.3) is 5.91 Å². The number of benzene rings is 2. The Morgan fingerprint density at radius 2 is 1.67 bits per heavy atom. The molecule has 6 nitrogen and oxygen atoms in total. The molecule has 0 aromatic heterocycles. The maximum Gasteiger partial charge on any atom is 0.252 e. The van der Waals surface area contributed by atoms with Crippen LogP contribution in [0.1, 0.15) is 16.8 Å². The molecule has 3 amide bonds. The molecule has 0 saturated carbocycles. The minimum absolute atomic E-state index is 0.0704. The van der Waals surface area contributed by atoms with E-state index in [1.54, 1.807) is 48.5 Å². The van der Waals surface area contributed by atoms with E-state index >= 15 is 0 Å². The summed E-state index contributed by atoms with van der Waals surface area (Å²) in [5.74, 6) is -0.939. The Hall–Kier alpha value is -2.57. The van der Waals surface area contributed by atoms with Gasteiger partial charge in [-0.1, -0.05) is 35.3 Å². The van der Waals surface area contributed by atoms with Crippen molar-refractivity contribution in [1.29, 1.82) is 0 Å². The monoisotopic (exact) mass is 407 g/mol. The quantitative estimate of drug-likeness (QED) is 0.739. The van der Waals surface area contributed by atoms with E-state index in [1.165, 1.54) is 11.9 Å². The van der Waals surface area contributed by atoms with Gasteiger partial charge in [0, 0.05) is 30.7 Å². The second kappa shape index (κ2) is 9.94. The summed E-state index contributed by atoms with van der Waals surface area (Å²) in [7, 11) is 1.53. The Bertz CT molecular complexity index is 825. The second-order valence-corrected chi connectivity index (χ2v) is 6.63. The lowest BCUT2D eigenvalue weighted by molar-refractivity contribution is -0.133. The number of nitrogens with zero attached hydrogens (tertiary/aromatic N) is 1. The molecule has 0 aliphatic carbocycles. The van der Waals surface area contributed by atoms with E-state index in [4.69, 9.17) is 23.2 Å². The minimum atomic E-state index is -0.350. The third kappa shape index (κ3) is 6.58. The normalized spacial score (nSPS) is 10.2. The summed E-state index contributed by atoms with van der Waals surface area (Å²) in [5.41, 5.74) is 0.944. The van der Waals surface area contributed by atoms with Crippen LogP contribution in [0.5, 0.6) is 0 Å². The summed E-state index contributed by atoms with van der Waals surface area (Å²) in [6.07, 6.45) is 0.0704. The zero-order valence-corrected chi connectivity index (χ0v) is 16.2. The number of amides is 3. The van der Waals surface area contributed by atoms with Crippen LogP contribution in [0, 0.1) is 0 Å². The number of carbonyl (C=O) groups is 3. The van der Waals surface area contributed by atoms with Gasteiger partial charge in [-0.25, -0.2) is 0 Å². The third-order valence-corrected chi connectivity index (χ3v) is 4.26. The molecule has 0 fully saturated rings. The van der Waals surface area contributed by atoms with Crippen LogP contribution in [0.15, 0.2) is 48.5 Å². The fourth-order valence-electron chi connectivity index (χ4n) is 2.25. The highest BCUT2D eigenvalue weighted by Gasteiger charge is 2.14. The first-order valence-electron chi connectivity index (χ1n) is 8.19. The minimum Gasteiger partial charge on any atom is -0.351 e. The number of hydrogen-bond acceptors (Lipinski definition) is 3. The first-order chi connectivity index (χ1) is 12.9. The molecule has 27 heavy (non-hydrogen) atoms. The lowest BCUT2D eigenvalue weighted by atomic mass is 10.2. The predicted octanol–water partition coefficient (Wildman–Crippen LogP) is 3.21. The van der Waals surface area contributed by atoms with Crippen molar-refractivity contribution in [3.63, 3.8) is 0 Å². The van der Waals surface area contributed by atoms with Gasteiger partial charge in [0.05, 0.1) is 17.1 Å². The van der Waals surface area contributed by atoms with Crippen LogP contribution in [0.2, 0.25) is 10.0 Å². The van der Waals surface area contributed by atoms with Gasteiger partial charge in [-0.05, 0) is 36.4 Å². The summed E-state index contributed by atoms with van der Waals surface area (Å²) in [6, 6.07) is 13.3. The standard InChI is InChI=1S/C19H19Cl2N3O3/c1-24(12-17(25)23-14-8-6-13(20)7-9-14)18(26)10-11-22-19(27)15-4-2-3-5-16(15)21/h2-9H,10-12H2,1H3,(H,22,27)(H,23,25). The van der Waals surface area contributed by atoms with Gasteiger partial charge in [0.1, 0.15) is 0 Å². The average molecular weight is 408 g/mol. The molecule has 0 unspecified atom stereocenters. The molecule has 2 N–H and O–H groups in total. The number of halogens is 2. The van der Waals surface area contributed by atoms with Gasteiger partial charge in [-0.2, -0.15) is 0 Å². The molecule has 0 saturated heterocycles. The van der Waals surface area contributed by atoms with Crippen molar-refractivity contribution >= 4 is 46.6 Å². The molecule has 0 radical (unpaired) electrons. The largest absolute Gasteiger partial charge is 0.351 e. The van der Waals surface area contributed by atoms with Crippen molar-refractivity contribution in [2.75, 3.05) is 25.5 Å². The summed E-state index contributed by atoms with van der Waals surface area (Å²) < 4.78 is 0. The third-order valence-electron chi connectivity index (χ3n) is 3.68. The highest BCUT2D eigenvalue weighted by atomic mass is 35.5. The van der Waals surface area contributed by atoms with Crippen molar-refractivity contribution in [2.24, 2.45) is 0 Å². The molecule has 8 heteroatoms. The lowest BCUT2D eigenvalue weighted by Gasteiger charge is -2.17. The van der Waals surface area contributed by atoms with E-state index in [1.807, 2.05) is 0 Å². The van der Waals surface area contributed by atoms with Crippen LogP contribution in [0.25, 0.3) is 0 Å². The molecule has 0 heterocycles. The SMILES string of the molecule is CN(CC(=O)Nc1ccc(Cl)cc1)C(=O)CCNC(=O)c1ccccc1Cl. The van der Waals surface area contributed by atoms with Crippen LogP contribution < -0.4 is 10.6 Å². The summed E-state index contributed by atoms with van der Waals surface area (Å²) >= 11 is 11.7. The molecule has 0 bridgehead atoms. The van der Waals surface area contributed by atoms with E-state index in [2.05, 4.69) is 10.6 Å². The smallest absolute Gasteiger partial charge is 0.252 e. The Morgan fingerprint density at radius 1 is 1.00 bits per heavy atom. The maximum atomic E-state index is 12.1. The topological polar surface area (TPSA) is 78.5 Å². The van der Waals surface area contributed by atoms with Crippen molar-refractivity contribution in [1.82, 2.24) is 10.2 Å². The van der Waals surface area contributed by atoms with E-state index in [0.717, 1.165) is 0 Å². The number of rotatable bonds is 7. The zero-order chi connectivity index (χ0) is 19.8. The Balaban J connectivity index is 1.75. The Kier molecular flexibility index (Phi) is 7.64. The molecule has 2 aromatic carbocycles. The number of anilines is 1. The lowest BCUT2D eigenvalue weighted by Crippen LogP contribution is -2.37. The molecular weight excluding hydrogens is 389 g/mol. The van der Waals surface area contributed by atoms with Crippen LogP contribution in [0.3, 0.4) is 0 Å². The average Bonchev–Trinajstić information content (AvgIpc) is 2.63. The molecular formula is C19H19Cl2N3O3. The highest BCUT2D eigenvalue weighted by Crippen LogP contribution is 2.14. The van der Waals surface area contributed by atoms with Gasteiger partial charge in [0.2, 0.25) is 11.8 Å². The summed E-state index contributed by atoms with van der Waals surface area (Å²) in [5, 5.41) is 6.23. The molecule has 2 aromatic rings. The van der Waals surface area contributed by atoms with Crippen LogP contribution in [0.4, 0.5) is 5.69 Å². The molecule has 142 valence electrons. The fraction of sp³-hybridized carbons (Fsp3) is 0.211. The molecule has 0 spiro atoms. The van der Waals surface area contributed by atoms with Crippen LogP contribution >= 0.6 is 23.2 Å². The van der Waals surface area contributed by atoms with Crippen molar-refractivity contribution in [2.45, 2.75) is 6.42 Å². The van der Waals surface area contributed by atoms with Gasteiger partial charge < -0.3 is 15.5 Å². The molecule has 0 atom stereocenters. The number of carbonyl (C=O) groups excluding carboxylic acids is 3. The second-order valence-electron chi connectivity index (χ2n) is 5.79. The maximum absolute atomic E-state index is 12.1. The van der Waals surface area contributed by atoms with E-state index in [0.29, 0.717) is 21.3 Å². The summed E-state index contributed by atoms with van der Waals surface area (Å²) in [6.45, 7) is 0.0476. The van der Waals surface area contributed by atoms with Crippen molar-refractivity contribution < 1.29 is 14.4 Å². The van der Waals surface area contributed by atoms with E-state index in [9.17, 15) is 14.4 Å². The number of nitrogens with one attached hydrogen (secondary N) is 2. The van der Waals surface area contributed by atoms with E-state index < -0.39 is 0 Å². The van der Waals surface area contributed by atoms with Gasteiger partial charge in [-0.3, -0.25) is 14.4 Å². The highest BCUT2D eigenvalue weighted by molar-refractivity contribution is 6.33. The first kappa shape index (κ1) is 20.7. The number of likely N-dealkylation sites (N-methyl/N-ethyl adjacent to an activating group) is 1. The fourth-order valence-corrected chi connectivity index (χ4v) is 2.60. The van der Waals surface area contributed by atoms with Crippen LogP contribution in [-0.2, 0) is 9.59 Å². The van der Waals surface area contributed by atoms with Gasteiger partial charge in [-0.15, -0.1) is 0 Å². The van der Waals surface area contributed by atoms with Crippen molar-refractivity contribution in [3.05, 3.63) is 64.1 Å². The Labute approximate surface area is 167 Å². The molecule has 0 aliphatic rings. The molecule has 2 rings (SSSR count). The van der Waals surface area contributed by atoms with E-state index in [-0.39, 0.29) is 37.2 Å². The van der Waals surface area contributed by atoms with Crippen LogP contribution in [-0.4, -0.2) is 42.8 Å². The Morgan fingerprint density at radius 3 is 2.33 bits per heavy atom. The van der Waals surface area contributed by atoms with Gasteiger partial charge in [0.15, 0.2) is 0 Å². The zero-order valence-electron chi connectivity index (χ0n) is 14.7. The molecule has 0 aliphatic heterocycles. The summed E-state index contributed by atoms with van der Waals surface area (Å²) in [4.78, 5) is 37.4. The predicted molar refractivity (Wildman–Crippen MR) is 106 cm³/mol. The van der Waals surface area contributed by atoms with Gasteiger partial charge >= 0.3 is 0 Å². The first-order valence-corrected chi connectivity index (χ1v) is 8.94. The number of hydrogen-bond donors (Lipinski definition) is 2.